The van der Waals surface area contributed by atoms with E-state index in [9.17, 15) is 18.4 Å². The van der Waals surface area contributed by atoms with Crippen LogP contribution in [0.5, 0.6) is 0 Å². The Kier molecular flexibility index (Phi) is 5.58. The van der Waals surface area contributed by atoms with Gasteiger partial charge in [-0.05, 0) is 31.2 Å². The molecule has 7 heteroatoms. The van der Waals surface area contributed by atoms with Gasteiger partial charge in [-0.1, -0.05) is 18.2 Å². The van der Waals surface area contributed by atoms with Crippen molar-refractivity contribution in [3.63, 3.8) is 0 Å². The lowest BCUT2D eigenvalue weighted by atomic mass is 10.1. The third-order valence-electron chi connectivity index (χ3n) is 3.22. The first-order chi connectivity index (χ1) is 11.9. The van der Waals surface area contributed by atoms with Crippen LogP contribution in [0.15, 0.2) is 54.2 Å². The second-order valence-electron chi connectivity index (χ2n) is 5.00. The first-order valence-electron chi connectivity index (χ1n) is 7.15. The predicted molar refractivity (Wildman–Crippen MR) is 88.8 cm³/mol. The Morgan fingerprint density at radius 3 is 2.36 bits per heavy atom. The van der Waals surface area contributed by atoms with Gasteiger partial charge in [-0.2, -0.15) is 5.26 Å². The molecule has 0 aliphatic rings. The molecule has 0 aliphatic carbocycles. The maximum atomic E-state index is 13.5. The van der Waals surface area contributed by atoms with Gasteiger partial charge in [0.1, 0.15) is 29.0 Å². The lowest BCUT2D eigenvalue weighted by molar-refractivity contribution is -0.112. The molecule has 2 aromatic rings. The number of nitrogens with zero attached hydrogens (tertiary/aromatic N) is 1. The number of ketones is 1. The van der Waals surface area contributed by atoms with E-state index in [4.69, 9.17) is 5.26 Å². The molecule has 0 unspecified atom stereocenters. The standard InChI is InChI=1S/C18H13F2N3O2/c1-11(24)12-4-2-5-14(8-12)23-18(25)13(9-21)10-22-17-15(19)6-3-7-16(17)20/h2-8,10,22H,1H3,(H,23,25)/b13-10-. The minimum absolute atomic E-state index is 0.177. The highest BCUT2D eigenvalue weighted by Gasteiger charge is 2.12. The highest BCUT2D eigenvalue weighted by Crippen LogP contribution is 2.18. The SMILES string of the molecule is CC(=O)c1cccc(NC(=O)/C(C#N)=C\Nc2c(F)cccc2F)c1. The number of halogens is 2. The summed E-state index contributed by atoms with van der Waals surface area (Å²) in [6.45, 7) is 1.38. The van der Waals surface area contributed by atoms with Gasteiger partial charge in [-0.3, -0.25) is 9.59 Å². The molecule has 0 aliphatic heterocycles. The van der Waals surface area contributed by atoms with Gasteiger partial charge in [0.25, 0.3) is 5.91 Å². The van der Waals surface area contributed by atoms with Crippen LogP contribution < -0.4 is 10.6 Å². The molecule has 1 amide bonds. The van der Waals surface area contributed by atoms with Crippen LogP contribution >= 0.6 is 0 Å². The van der Waals surface area contributed by atoms with E-state index in [1.54, 1.807) is 24.3 Å². The van der Waals surface area contributed by atoms with Crippen molar-refractivity contribution >= 4 is 23.1 Å². The molecule has 126 valence electrons. The van der Waals surface area contributed by atoms with E-state index in [-0.39, 0.29) is 5.78 Å². The molecule has 0 spiro atoms. The Morgan fingerprint density at radius 2 is 1.76 bits per heavy atom. The van der Waals surface area contributed by atoms with Crippen molar-refractivity contribution in [2.45, 2.75) is 6.92 Å². The molecule has 0 saturated carbocycles. The number of amides is 1. The number of hydrogen-bond donors (Lipinski definition) is 2. The third kappa shape index (κ3) is 4.48. The molecule has 5 nitrogen and oxygen atoms in total. The fourth-order valence-electron chi connectivity index (χ4n) is 1.94. The fourth-order valence-corrected chi connectivity index (χ4v) is 1.94. The number of anilines is 2. The average molecular weight is 341 g/mol. The highest BCUT2D eigenvalue weighted by atomic mass is 19.1. The minimum Gasteiger partial charge on any atom is -0.355 e. The maximum Gasteiger partial charge on any atom is 0.267 e. The zero-order valence-electron chi connectivity index (χ0n) is 13.1. The highest BCUT2D eigenvalue weighted by molar-refractivity contribution is 6.07. The Morgan fingerprint density at radius 1 is 1.12 bits per heavy atom. The summed E-state index contributed by atoms with van der Waals surface area (Å²) in [5.74, 6) is -2.68. The molecule has 2 N–H and O–H groups in total. The van der Waals surface area contributed by atoms with E-state index < -0.39 is 28.8 Å². The topological polar surface area (TPSA) is 82.0 Å². The Bertz CT molecular complexity index is 881. The van der Waals surface area contributed by atoms with E-state index in [1.807, 2.05) is 0 Å². The minimum atomic E-state index is -0.858. The second kappa shape index (κ2) is 7.84. The van der Waals surface area contributed by atoms with Gasteiger partial charge in [-0.25, -0.2) is 8.78 Å². The largest absolute Gasteiger partial charge is 0.355 e. The first-order valence-corrected chi connectivity index (χ1v) is 7.15. The molecule has 2 aromatic carbocycles. The van der Waals surface area contributed by atoms with Crippen molar-refractivity contribution in [2.75, 3.05) is 10.6 Å². The Balaban J connectivity index is 2.17. The maximum absolute atomic E-state index is 13.5. The van der Waals surface area contributed by atoms with Crippen LogP contribution in [0.25, 0.3) is 0 Å². The Hall–Kier alpha value is -3.53. The van der Waals surface area contributed by atoms with Crippen LogP contribution in [0.2, 0.25) is 0 Å². The summed E-state index contributed by atoms with van der Waals surface area (Å²) in [6, 6.07) is 11.1. The zero-order chi connectivity index (χ0) is 18.4. The van der Waals surface area contributed by atoms with Crippen LogP contribution in [-0.4, -0.2) is 11.7 Å². The number of Topliss-reactive ketones (excluding diaryl/α,β-unsaturated/α-hetero) is 1. The molecule has 0 saturated heterocycles. The summed E-state index contributed by atoms with van der Waals surface area (Å²) in [6.07, 6.45) is 0.908. The molecule has 0 fully saturated rings. The van der Waals surface area contributed by atoms with Gasteiger partial charge in [-0.15, -0.1) is 0 Å². The quantitative estimate of drug-likeness (QED) is 0.494. The molecule has 0 bridgehead atoms. The van der Waals surface area contributed by atoms with E-state index in [0.29, 0.717) is 11.3 Å². The van der Waals surface area contributed by atoms with Crippen LogP contribution in [0.3, 0.4) is 0 Å². The molecule has 25 heavy (non-hydrogen) atoms. The summed E-state index contributed by atoms with van der Waals surface area (Å²) < 4.78 is 27.1. The molecular formula is C18H13F2N3O2. The van der Waals surface area contributed by atoms with Crippen LogP contribution in [0, 0.1) is 23.0 Å². The van der Waals surface area contributed by atoms with Gasteiger partial charge in [0, 0.05) is 17.5 Å². The monoisotopic (exact) mass is 341 g/mol. The van der Waals surface area contributed by atoms with E-state index >= 15 is 0 Å². The number of carbonyl (C=O) groups is 2. The molecule has 0 radical (unpaired) electrons. The van der Waals surface area contributed by atoms with Crippen molar-refractivity contribution < 1.29 is 18.4 Å². The second-order valence-corrected chi connectivity index (χ2v) is 5.00. The fraction of sp³-hybridized carbons (Fsp3) is 0.0556. The van der Waals surface area contributed by atoms with Crippen molar-refractivity contribution in [1.29, 1.82) is 5.26 Å². The molecule has 0 atom stereocenters. The average Bonchev–Trinajstić information content (AvgIpc) is 2.57. The van der Waals surface area contributed by atoms with Crippen LogP contribution in [-0.2, 0) is 4.79 Å². The van der Waals surface area contributed by atoms with Crippen molar-refractivity contribution in [3.05, 3.63) is 71.4 Å². The normalized spacial score (nSPS) is 10.7. The number of rotatable bonds is 5. The number of nitriles is 1. The molecule has 2 rings (SSSR count). The van der Waals surface area contributed by atoms with Gasteiger partial charge in [0.05, 0.1) is 0 Å². The summed E-state index contributed by atoms with van der Waals surface area (Å²) in [5, 5.41) is 13.8. The van der Waals surface area contributed by atoms with Crippen LogP contribution in [0.1, 0.15) is 17.3 Å². The molecular weight excluding hydrogens is 328 g/mol. The lowest BCUT2D eigenvalue weighted by Crippen LogP contribution is -2.15. The van der Waals surface area contributed by atoms with Gasteiger partial charge in [0.2, 0.25) is 0 Å². The van der Waals surface area contributed by atoms with E-state index in [2.05, 4.69) is 10.6 Å². The lowest BCUT2D eigenvalue weighted by Gasteiger charge is -2.07. The van der Waals surface area contributed by atoms with Gasteiger partial charge < -0.3 is 10.6 Å². The van der Waals surface area contributed by atoms with Crippen LogP contribution in [0.4, 0.5) is 20.2 Å². The van der Waals surface area contributed by atoms with Gasteiger partial charge in [0.15, 0.2) is 5.78 Å². The van der Waals surface area contributed by atoms with E-state index in [1.165, 1.54) is 19.1 Å². The summed E-state index contributed by atoms with van der Waals surface area (Å²) in [7, 11) is 0. The summed E-state index contributed by atoms with van der Waals surface area (Å²) >= 11 is 0. The number of benzene rings is 2. The van der Waals surface area contributed by atoms with Crippen molar-refractivity contribution in [1.82, 2.24) is 0 Å². The summed E-state index contributed by atoms with van der Waals surface area (Å²) in [5.41, 5.74) is -0.153. The number of para-hydroxylation sites is 1. The smallest absolute Gasteiger partial charge is 0.267 e. The molecule has 0 heterocycles. The third-order valence-corrected chi connectivity index (χ3v) is 3.22. The summed E-state index contributed by atoms with van der Waals surface area (Å²) in [4.78, 5) is 23.4. The Labute approximate surface area is 142 Å². The predicted octanol–water partition coefficient (Wildman–Crippen LogP) is 3.63. The van der Waals surface area contributed by atoms with Gasteiger partial charge >= 0.3 is 0 Å². The first kappa shape index (κ1) is 17.8. The zero-order valence-corrected chi connectivity index (χ0v) is 13.1. The number of hydrogen-bond acceptors (Lipinski definition) is 4. The number of carbonyl (C=O) groups excluding carboxylic acids is 2. The van der Waals surface area contributed by atoms with Crippen molar-refractivity contribution in [2.24, 2.45) is 0 Å². The van der Waals surface area contributed by atoms with E-state index in [0.717, 1.165) is 18.3 Å². The number of nitrogens with one attached hydrogen (secondary N) is 2. The van der Waals surface area contributed by atoms with Crippen molar-refractivity contribution in [3.8, 4) is 6.07 Å². The molecule has 0 aromatic heterocycles.